The Morgan fingerprint density at radius 3 is 2.54 bits per heavy atom. The molecular formula is C27H36N4O3S. The van der Waals surface area contributed by atoms with Gasteiger partial charge in [0.2, 0.25) is 5.91 Å². The molecule has 2 aromatic carbocycles. The van der Waals surface area contributed by atoms with E-state index < -0.39 is 6.10 Å². The minimum Gasteiger partial charge on any atom is -0.491 e. The highest BCUT2D eigenvalue weighted by molar-refractivity contribution is 7.18. The van der Waals surface area contributed by atoms with Gasteiger partial charge in [0, 0.05) is 43.5 Å². The van der Waals surface area contributed by atoms with Crippen molar-refractivity contribution < 1.29 is 14.6 Å². The molecule has 1 fully saturated rings. The zero-order chi connectivity index (χ0) is 25.1. The van der Waals surface area contributed by atoms with Gasteiger partial charge in [-0.05, 0) is 57.9 Å². The number of carbonyl (C=O) groups excluding carboxylic acids is 1. The monoisotopic (exact) mass is 496 g/mol. The van der Waals surface area contributed by atoms with E-state index in [1.165, 1.54) is 0 Å². The molecule has 1 aromatic heterocycles. The zero-order valence-corrected chi connectivity index (χ0v) is 22.1. The van der Waals surface area contributed by atoms with Crippen LogP contribution in [0.5, 0.6) is 5.75 Å². The molecule has 2 unspecified atom stereocenters. The van der Waals surface area contributed by atoms with Crippen molar-refractivity contribution in [3.63, 3.8) is 0 Å². The Kier molecular flexibility index (Phi) is 8.06. The molecule has 35 heavy (non-hydrogen) atoms. The number of β-amino-alcohol motifs (C(OH)–C–C–N with tert-alkyl or cyclic N) is 1. The Morgan fingerprint density at radius 1 is 1.17 bits per heavy atom. The molecule has 1 aliphatic rings. The molecule has 2 N–H and O–H groups in total. The Hall–Kier alpha value is -2.52. The largest absolute Gasteiger partial charge is 0.491 e. The molecule has 2 heterocycles. The number of benzene rings is 2. The molecule has 7 nitrogen and oxygen atoms in total. The van der Waals surface area contributed by atoms with Crippen molar-refractivity contribution >= 4 is 33.1 Å². The lowest BCUT2D eigenvalue weighted by molar-refractivity contribution is -0.118. The van der Waals surface area contributed by atoms with E-state index in [0.29, 0.717) is 13.1 Å². The maximum atomic E-state index is 12.7. The van der Waals surface area contributed by atoms with E-state index in [9.17, 15) is 9.90 Å². The van der Waals surface area contributed by atoms with Crippen LogP contribution in [-0.2, 0) is 4.79 Å². The molecule has 0 saturated carbocycles. The number of piperazine rings is 1. The lowest BCUT2D eigenvalue weighted by atomic mass is 10.1. The highest BCUT2D eigenvalue weighted by Gasteiger charge is 2.31. The predicted molar refractivity (Wildman–Crippen MR) is 142 cm³/mol. The van der Waals surface area contributed by atoms with E-state index >= 15 is 0 Å². The number of aliphatic hydroxyl groups excluding tert-OH is 1. The smallest absolute Gasteiger partial charge is 0.238 e. The van der Waals surface area contributed by atoms with Crippen molar-refractivity contribution in [3.8, 4) is 5.75 Å². The van der Waals surface area contributed by atoms with Gasteiger partial charge in [0.25, 0.3) is 0 Å². The molecule has 188 valence electrons. The molecule has 1 amide bonds. The highest BCUT2D eigenvalue weighted by atomic mass is 32.1. The van der Waals surface area contributed by atoms with Gasteiger partial charge in [-0.25, -0.2) is 4.98 Å². The summed E-state index contributed by atoms with van der Waals surface area (Å²) in [5.41, 5.74) is 3.98. The van der Waals surface area contributed by atoms with Gasteiger partial charge in [0.15, 0.2) is 0 Å². The number of fused-ring (bicyclic) bond motifs is 1. The number of hydrogen-bond acceptors (Lipinski definition) is 7. The number of thiazole rings is 1. The number of aliphatic hydroxyl groups is 1. The first-order valence-corrected chi connectivity index (χ1v) is 13.0. The molecule has 3 atom stereocenters. The average Bonchev–Trinajstić information content (AvgIpc) is 3.16. The standard InChI is InChI=1S/C27H36N4O3S/c1-17-7-6-8-18(2)27(17)29-26(33)15-30-12-19(3)31(20(4)13-30)14-22(32)16-34-23-9-10-25-24(11-23)28-21(5)35-25/h6-11,19-20,22,32H,12-16H2,1-5H3,(H,29,33)/t19?,20?,22-/m0/s1. The topological polar surface area (TPSA) is 77.9 Å². The summed E-state index contributed by atoms with van der Waals surface area (Å²) >= 11 is 1.66. The fraction of sp³-hybridized carbons (Fsp3) is 0.481. The number of aryl methyl sites for hydroxylation is 3. The summed E-state index contributed by atoms with van der Waals surface area (Å²) in [5, 5.41) is 14.8. The minimum absolute atomic E-state index is 0.0101. The number of ether oxygens (including phenoxy) is 1. The van der Waals surface area contributed by atoms with Crippen LogP contribution < -0.4 is 10.1 Å². The van der Waals surface area contributed by atoms with Gasteiger partial charge < -0.3 is 15.2 Å². The Balaban J connectivity index is 1.26. The number of anilines is 1. The molecule has 1 saturated heterocycles. The van der Waals surface area contributed by atoms with Crippen LogP contribution in [0.3, 0.4) is 0 Å². The normalized spacial score (nSPS) is 20.2. The van der Waals surface area contributed by atoms with Gasteiger partial charge in [-0.3, -0.25) is 14.6 Å². The number of nitrogens with one attached hydrogen (secondary N) is 1. The molecule has 0 radical (unpaired) electrons. The second-order valence-corrected chi connectivity index (χ2v) is 11.0. The summed E-state index contributed by atoms with van der Waals surface area (Å²) in [5.74, 6) is 0.735. The maximum absolute atomic E-state index is 12.7. The molecule has 0 spiro atoms. The Bertz CT molecular complexity index is 1150. The summed E-state index contributed by atoms with van der Waals surface area (Å²) in [7, 11) is 0. The fourth-order valence-electron chi connectivity index (χ4n) is 4.95. The van der Waals surface area contributed by atoms with E-state index in [4.69, 9.17) is 4.74 Å². The molecular weight excluding hydrogens is 460 g/mol. The predicted octanol–water partition coefficient (Wildman–Crippen LogP) is 3.99. The summed E-state index contributed by atoms with van der Waals surface area (Å²) in [4.78, 5) is 21.7. The van der Waals surface area contributed by atoms with Gasteiger partial charge >= 0.3 is 0 Å². The lowest BCUT2D eigenvalue weighted by Gasteiger charge is -2.45. The average molecular weight is 497 g/mol. The Morgan fingerprint density at radius 2 is 1.86 bits per heavy atom. The van der Waals surface area contributed by atoms with Crippen LogP contribution in [-0.4, -0.2) is 76.8 Å². The number of hydrogen-bond donors (Lipinski definition) is 2. The molecule has 0 aliphatic carbocycles. The number of para-hydroxylation sites is 1. The van der Waals surface area contributed by atoms with E-state index in [0.717, 1.165) is 50.9 Å². The number of amides is 1. The van der Waals surface area contributed by atoms with Crippen LogP contribution in [0.4, 0.5) is 5.69 Å². The van der Waals surface area contributed by atoms with Crippen molar-refractivity contribution in [1.29, 1.82) is 0 Å². The van der Waals surface area contributed by atoms with E-state index in [1.807, 2.05) is 57.2 Å². The molecule has 8 heteroatoms. The van der Waals surface area contributed by atoms with Crippen molar-refractivity contribution in [3.05, 3.63) is 52.5 Å². The van der Waals surface area contributed by atoms with Gasteiger partial charge in [-0.15, -0.1) is 11.3 Å². The minimum atomic E-state index is -0.605. The molecule has 0 bridgehead atoms. The van der Waals surface area contributed by atoms with Gasteiger partial charge in [0.1, 0.15) is 18.5 Å². The van der Waals surface area contributed by atoms with Crippen LogP contribution in [0.15, 0.2) is 36.4 Å². The number of carbonyl (C=O) groups is 1. The van der Waals surface area contributed by atoms with Gasteiger partial charge in [0.05, 0.1) is 21.8 Å². The SMILES string of the molecule is Cc1nc2cc(OC[C@@H](O)CN3C(C)CN(CC(=O)Nc4c(C)cccc4C)CC3C)ccc2s1. The molecule has 4 rings (SSSR count). The van der Waals surface area contributed by atoms with Crippen LogP contribution >= 0.6 is 11.3 Å². The van der Waals surface area contributed by atoms with Crippen LogP contribution in [0.1, 0.15) is 30.0 Å². The first-order chi connectivity index (χ1) is 16.7. The van der Waals surface area contributed by atoms with Crippen molar-refractivity contribution in [1.82, 2.24) is 14.8 Å². The van der Waals surface area contributed by atoms with Gasteiger partial charge in [-0.1, -0.05) is 18.2 Å². The third kappa shape index (κ3) is 6.38. The molecule has 3 aromatic rings. The third-order valence-corrected chi connectivity index (χ3v) is 7.57. The van der Waals surface area contributed by atoms with E-state index in [-0.39, 0.29) is 24.6 Å². The quantitative estimate of drug-likeness (QED) is 0.491. The van der Waals surface area contributed by atoms with Crippen LogP contribution in [0, 0.1) is 20.8 Å². The third-order valence-electron chi connectivity index (χ3n) is 6.62. The number of rotatable bonds is 8. The van der Waals surface area contributed by atoms with E-state index in [2.05, 4.69) is 33.9 Å². The first-order valence-electron chi connectivity index (χ1n) is 12.2. The fourth-order valence-corrected chi connectivity index (χ4v) is 5.76. The summed E-state index contributed by atoms with van der Waals surface area (Å²) in [6.07, 6.45) is -0.605. The number of aromatic nitrogens is 1. The zero-order valence-electron chi connectivity index (χ0n) is 21.2. The summed E-state index contributed by atoms with van der Waals surface area (Å²) < 4.78 is 7.01. The summed E-state index contributed by atoms with van der Waals surface area (Å²) in [6, 6.07) is 12.3. The maximum Gasteiger partial charge on any atom is 0.238 e. The van der Waals surface area contributed by atoms with Gasteiger partial charge in [-0.2, -0.15) is 0 Å². The van der Waals surface area contributed by atoms with Crippen molar-refractivity contribution in [2.24, 2.45) is 0 Å². The first kappa shape index (κ1) is 25.6. The summed E-state index contributed by atoms with van der Waals surface area (Å²) in [6.45, 7) is 13.0. The van der Waals surface area contributed by atoms with Crippen LogP contribution in [0.2, 0.25) is 0 Å². The molecule has 1 aliphatic heterocycles. The number of nitrogens with zero attached hydrogens (tertiary/aromatic N) is 3. The lowest BCUT2D eigenvalue weighted by Crippen LogP contribution is -2.59. The second-order valence-electron chi connectivity index (χ2n) is 9.73. The second kappa shape index (κ2) is 11.0. The van der Waals surface area contributed by atoms with Crippen molar-refractivity contribution in [2.75, 3.05) is 38.1 Å². The van der Waals surface area contributed by atoms with Crippen molar-refractivity contribution in [2.45, 2.75) is 52.8 Å². The van der Waals surface area contributed by atoms with E-state index in [1.54, 1.807) is 11.3 Å². The van der Waals surface area contributed by atoms with Crippen LogP contribution in [0.25, 0.3) is 10.2 Å². The highest BCUT2D eigenvalue weighted by Crippen LogP contribution is 2.26. The Labute approximate surface area is 211 Å².